The van der Waals surface area contributed by atoms with E-state index in [1.54, 1.807) is 37.4 Å². The van der Waals surface area contributed by atoms with Gasteiger partial charge in [-0.2, -0.15) is 23.5 Å². The number of carbonyl (C=O) groups excluding carboxylic acids is 1. The van der Waals surface area contributed by atoms with Crippen LogP contribution < -0.4 is 10.1 Å². The summed E-state index contributed by atoms with van der Waals surface area (Å²) in [5.74, 6) is 0.0686. The number of fused-ring (bicyclic) bond motifs is 3. The van der Waals surface area contributed by atoms with Crippen LogP contribution in [0.1, 0.15) is 55.3 Å². The Bertz CT molecular complexity index is 1490. The van der Waals surface area contributed by atoms with Crippen molar-refractivity contribution in [3.05, 3.63) is 53.2 Å². The molecule has 1 aromatic heterocycles. The van der Waals surface area contributed by atoms with Crippen LogP contribution in [-0.2, 0) is 16.4 Å². The zero-order chi connectivity index (χ0) is 27.6. The van der Waals surface area contributed by atoms with Crippen LogP contribution in [-0.4, -0.2) is 57.5 Å². The highest BCUT2D eigenvalue weighted by molar-refractivity contribution is 6.06. The van der Waals surface area contributed by atoms with Crippen LogP contribution in [0.4, 0.5) is 18.9 Å². The Hall–Kier alpha value is -3.62. The number of halogens is 3. The average molecular weight is 540 g/mol. The molecule has 2 aromatic carbocycles. The molecule has 8 nitrogen and oxygen atoms in total. The zero-order valence-corrected chi connectivity index (χ0v) is 21.4. The van der Waals surface area contributed by atoms with Crippen molar-refractivity contribution >= 4 is 22.5 Å². The Morgan fingerprint density at radius 2 is 1.97 bits per heavy atom. The van der Waals surface area contributed by atoms with E-state index in [1.165, 1.54) is 4.68 Å². The number of benzene rings is 2. The molecule has 11 heteroatoms. The Labute approximate surface area is 223 Å². The number of rotatable bonds is 5. The van der Waals surface area contributed by atoms with Crippen molar-refractivity contribution in [3.8, 4) is 11.8 Å². The van der Waals surface area contributed by atoms with Crippen molar-refractivity contribution in [3.63, 3.8) is 0 Å². The predicted octanol–water partition coefficient (Wildman–Crippen LogP) is 4.38. The number of nitrogens with one attached hydrogen (secondary N) is 1. The van der Waals surface area contributed by atoms with Gasteiger partial charge in [-0.15, -0.1) is 0 Å². The third kappa shape index (κ3) is 4.51. The summed E-state index contributed by atoms with van der Waals surface area (Å²) in [7, 11) is 0. The lowest BCUT2D eigenvalue weighted by molar-refractivity contribution is -0.136. The predicted molar refractivity (Wildman–Crippen MR) is 136 cm³/mol. The van der Waals surface area contributed by atoms with E-state index < -0.39 is 22.8 Å². The second-order valence-electron chi connectivity index (χ2n) is 11.2. The fraction of sp³-hybridized carbons (Fsp3) is 0.464. The molecule has 2 aliphatic heterocycles. The number of likely N-dealkylation sites (tertiary alicyclic amines) is 1. The molecule has 3 aliphatic rings. The topological polar surface area (TPSA) is 103 Å². The molecule has 39 heavy (non-hydrogen) atoms. The van der Waals surface area contributed by atoms with E-state index in [1.807, 2.05) is 0 Å². The maximum Gasteiger partial charge on any atom is 0.418 e. The molecule has 2 fully saturated rings. The van der Waals surface area contributed by atoms with Crippen molar-refractivity contribution < 1.29 is 27.8 Å². The fourth-order valence-electron chi connectivity index (χ4n) is 6.19. The standard InChI is InChI=1S/C28H28F3N5O3/c1-26(38)13-19(14-26)36-16-18-11-20(12-22(24(18)34-36)28(29,30)31)39-9-8-35-6-4-27(5-7-35)21-10-17(15-32)2-3-23(21)33-25(27)37/h2-3,10-12,16,19,38H,4-9,13-14H2,1H3,(H,33,37)/t19-,26+. The zero-order valence-electron chi connectivity index (χ0n) is 21.4. The van der Waals surface area contributed by atoms with Crippen LogP contribution in [0.2, 0.25) is 0 Å². The van der Waals surface area contributed by atoms with Gasteiger partial charge in [0.25, 0.3) is 0 Å². The third-order valence-corrected chi connectivity index (χ3v) is 8.36. The van der Waals surface area contributed by atoms with Gasteiger partial charge < -0.3 is 15.2 Å². The molecular weight excluding hydrogens is 511 g/mol. The SMILES string of the molecule is C[C@]1(O)C[C@@H](n2cc3cc(OCCN4CCC5(CC4)C(=O)Nc4ccc(C#N)cc45)cc(C(F)(F)F)c3n2)C1. The van der Waals surface area contributed by atoms with Gasteiger partial charge in [-0.1, -0.05) is 0 Å². The number of aromatic nitrogens is 2. The van der Waals surface area contributed by atoms with Crippen LogP contribution in [0.15, 0.2) is 36.5 Å². The van der Waals surface area contributed by atoms with Gasteiger partial charge in [0.2, 0.25) is 5.91 Å². The summed E-state index contributed by atoms with van der Waals surface area (Å²) in [5.41, 5.74) is -0.331. The Kier molecular flexibility index (Phi) is 5.89. The van der Waals surface area contributed by atoms with Crippen molar-refractivity contribution in [2.24, 2.45) is 0 Å². The third-order valence-electron chi connectivity index (χ3n) is 8.36. The van der Waals surface area contributed by atoms with Crippen LogP contribution in [0, 0.1) is 11.3 Å². The van der Waals surface area contributed by atoms with Crippen LogP contribution in [0.3, 0.4) is 0 Å². The largest absolute Gasteiger partial charge is 0.492 e. The number of amides is 1. The quantitative estimate of drug-likeness (QED) is 0.499. The van der Waals surface area contributed by atoms with Gasteiger partial charge in [-0.05, 0) is 81.6 Å². The minimum absolute atomic E-state index is 0.0532. The summed E-state index contributed by atoms with van der Waals surface area (Å²) in [6.07, 6.45) is -0.961. The van der Waals surface area contributed by atoms with Gasteiger partial charge in [0.15, 0.2) is 0 Å². The monoisotopic (exact) mass is 539 g/mol. The molecule has 3 heterocycles. The Balaban J connectivity index is 1.12. The van der Waals surface area contributed by atoms with Crippen molar-refractivity contribution in [1.82, 2.24) is 14.7 Å². The first-order valence-electron chi connectivity index (χ1n) is 13.0. The van der Waals surface area contributed by atoms with Gasteiger partial charge in [0, 0.05) is 23.8 Å². The number of ether oxygens (including phenoxy) is 1. The molecule has 0 radical (unpaired) electrons. The van der Waals surface area contributed by atoms with E-state index in [0.29, 0.717) is 56.3 Å². The van der Waals surface area contributed by atoms with Crippen molar-refractivity contribution in [1.29, 1.82) is 5.26 Å². The van der Waals surface area contributed by atoms with E-state index in [9.17, 15) is 28.3 Å². The average Bonchev–Trinajstić information content (AvgIpc) is 3.41. The number of carbonyl (C=O) groups is 1. The van der Waals surface area contributed by atoms with Gasteiger partial charge in [-0.25, -0.2) is 0 Å². The van der Waals surface area contributed by atoms with E-state index in [0.717, 1.165) is 17.3 Å². The molecular formula is C28H28F3N5O3. The highest BCUT2D eigenvalue weighted by Gasteiger charge is 2.48. The minimum Gasteiger partial charge on any atom is -0.492 e. The highest BCUT2D eigenvalue weighted by Crippen LogP contribution is 2.46. The normalized spacial score (nSPS) is 24.3. The van der Waals surface area contributed by atoms with Gasteiger partial charge in [0.1, 0.15) is 17.9 Å². The maximum atomic E-state index is 13.9. The lowest BCUT2D eigenvalue weighted by Gasteiger charge is -2.40. The molecule has 6 rings (SSSR count). The number of anilines is 1. The number of nitriles is 1. The first-order valence-corrected chi connectivity index (χ1v) is 13.0. The lowest BCUT2D eigenvalue weighted by Crippen LogP contribution is -2.47. The highest BCUT2D eigenvalue weighted by atomic mass is 19.4. The van der Waals surface area contributed by atoms with Gasteiger partial charge in [0.05, 0.1) is 34.3 Å². The van der Waals surface area contributed by atoms with Crippen LogP contribution in [0.5, 0.6) is 5.75 Å². The molecule has 0 atom stereocenters. The fourth-order valence-corrected chi connectivity index (χ4v) is 6.19. The molecule has 1 saturated carbocycles. The number of aliphatic hydroxyl groups is 1. The Morgan fingerprint density at radius 1 is 1.23 bits per heavy atom. The molecule has 1 aliphatic carbocycles. The second kappa shape index (κ2) is 8.96. The number of piperidine rings is 1. The summed E-state index contributed by atoms with van der Waals surface area (Å²) in [4.78, 5) is 15.0. The first kappa shape index (κ1) is 25.6. The van der Waals surface area contributed by atoms with Crippen molar-refractivity contribution in [2.45, 2.75) is 55.8 Å². The molecule has 204 valence electrons. The summed E-state index contributed by atoms with van der Waals surface area (Å²) >= 11 is 0. The minimum atomic E-state index is -4.59. The van der Waals surface area contributed by atoms with E-state index >= 15 is 0 Å². The second-order valence-corrected chi connectivity index (χ2v) is 11.2. The summed E-state index contributed by atoms with van der Waals surface area (Å²) in [6, 6.07) is 9.81. The number of hydrogen-bond acceptors (Lipinski definition) is 6. The summed E-state index contributed by atoms with van der Waals surface area (Å²) in [6.45, 7) is 3.64. The molecule has 1 saturated heterocycles. The van der Waals surface area contributed by atoms with Gasteiger partial charge in [-0.3, -0.25) is 14.4 Å². The smallest absolute Gasteiger partial charge is 0.418 e. The molecule has 0 unspecified atom stereocenters. The molecule has 2 N–H and O–H groups in total. The molecule has 1 amide bonds. The summed E-state index contributed by atoms with van der Waals surface area (Å²) in [5, 5.41) is 26.8. The van der Waals surface area contributed by atoms with E-state index in [-0.39, 0.29) is 29.8 Å². The number of alkyl halides is 3. The number of nitrogens with zero attached hydrogens (tertiary/aromatic N) is 4. The molecule has 0 bridgehead atoms. The van der Waals surface area contributed by atoms with Gasteiger partial charge >= 0.3 is 6.18 Å². The Morgan fingerprint density at radius 3 is 2.64 bits per heavy atom. The maximum absolute atomic E-state index is 13.9. The molecule has 3 aromatic rings. The number of hydrogen-bond donors (Lipinski definition) is 2. The summed E-state index contributed by atoms with van der Waals surface area (Å²) < 4.78 is 48.9. The first-order chi connectivity index (χ1) is 18.5. The van der Waals surface area contributed by atoms with E-state index in [4.69, 9.17) is 4.74 Å². The van der Waals surface area contributed by atoms with Crippen molar-refractivity contribution in [2.75, 3.05) is 31.6 Å². The van der Waals surface area contributed by atoms with Crippen LogP contribution in [0.25, 0.3) is 10.9 Å². The van der Waals surface area contributed by atoms with E-state index in [2.05, 4.69) is 21.4 Å². The van der Waals surface area contributed by atoms with Crippen LogP contribution >= 0.6 is 0 Å². The lowest BCUT2D eigenvalue weighted by atomic mass is 9.73. The molecule has 1 spiro atoms.